The average molecular weight is 395 g/mol. The molecule has 0 saturated carbocycles. The molecule has 4 rings (SSSR count). The van der Waals surface area contributed by atoms with Crippen LogP contribution in [0.25, 0.3) is 5.65 Å². The topological polar surface area (TPSA) is 103 Å². The molecule has 1 aliphatic rings. The minimum Gasteiger partial charge on any atom is -0.394 e. The highest BCUT2D eigenvalue weighted by atomic mass is 16.3. The molecule has 8 nitrogen and oxygen atoms in total. The van der Waals surface area contributed by atoms with Gasteiger partial charge in [0, 0.05) is 24.2 Å². The highest BCUT2D eigenvalue weighted by Crippen LogP contribution is 2.28. The number of fused-ring (bicyclic) bond motifs is 1. The Labute approximate surface area is 168 Å². The van der Waals surface area contributed by atoms with Gasteiger partial charge >= 0.3 is 0 Å². The van der Waals surface area contributed by atoms with Crippen LogP contribution in [-0.4, -0.2) is 49.9 Å². The minimum atomic E-state index is -0.961. The van der Waals surface area contributed by atoms with Gasteiger partial charge in [-0.15, -0.1) is 0 Å². The van der Waals surface area contributed by atoms with Crippen LogP contribution in [0.5, 0.6) is 0 Å². The summed E-state index contributed by atoms with van der Waals surface area (Å²) < 4.78 is 1.72. The number of nitrogens with one attached hydrogen (secondary N) is 1. The second-order valence-electron chi connectivity index (χ2n) is 7.86. The van der Waals surface area contributed by atoms with Gasteiger partial charge in [0.15, 0.2) is 5.65 Å². The Kier molecular flexibility index (Phi) is 4.97. The Morgan fingerprint density at radius 3 is 2.72 bits per heavy atom. The van der Waals surface area contributed by atoms with Gasteiger partial charge < -0.3 is 20.4 Å². The van der Waals surface area contributed by atoms with Gasteiger partial charge in [0.2, 0.25) is 0 Å². The predicted molar refractivity (Wildman–Crippen MR) is 110 cm³/mol. The van der Waals surface area contributed by atoms with Crippen molar-refractivity contribution in [1.29, 1.82) is 0 Å². The second kappa shape index (κ2) is 7.46. The molecule has 1 fully saturated rings. The van der Waals surface area contributed by atoms with Crippen molar-refractivity contribution >= 4 is 23.2 Å². The van der Waals surface area contributed by atoms with E-state index in [1.165, 1.54) is 0 Å². The first-order valence-corrected chi connectivity index (χ1v) is 9.73. The Morgan fingerprint density at radius 2 is 2.03 bits per heavy atom. The maximum absolute atomic E-state index is 12.7. The van der Waals surface area contributed by atoms with Crippen LogP contribution in [0, 0.1) is 0 Å². The molecule has 1 aromatic carbocycles. The number of carbonyl (C=O) groups is 1. The van der Waals surface area contributed by atoms with E-state index >= 15 is 0 Å². The smallest absolute Gasteiger partial charge is 0.256 e. The summed E-state index contributed by atoms with van der Waals surface area (Å²) in [6, 6.07) is 10.4. The molecule has 0 spiro atoms. The van der Waals surface area contributed by atoms with E-state index in [4.69, 9.17) is 0 Å². The fourth-order valence-corrected chi connectivity index (χ4v) is 3.71. The zero-order valence-corrected chi connectivity index (χ0v) is 16.5. The van der Waals surface area contributed by atoms with Crippen molar-refractivity contribution in [2.24, 2.45) is 0 Å². The summed E-state index contributed by atoms with van der Waals surface area (Å²) in [6.45, 7) is 4.29. The van der Waals surface area contributed by atoms with Crippen molar-refractivity contribution in [1.82, 2.24) is 14.6 Å². The summed E-state index contributed by atoms with van der Waals surface area (Å²) >= 11 is 0. The number of aliphatic hydroxyl groups excluding tert-OH is 1. The molecule has 3 heterocycles. The summed E-state index contributed by atoms with van der Waals surface area (Å²) in [5, 5.41) is 26.9. The third-order valence-corrected chi connectivity index (χ3v) is 5.32. The number of benzene rings is 1. The molecule has 8 heteroatoms. The zero-order chi connectivity index (χ0) is 20.6. The molecule has 0 radical (unpaired) electrons. The lowest BCUT2D eigenvalue weighted by Crippen LogP contribution is -2.33. The van der Waals surface area contributed by atoms with Gasteiger partial charge in [-0.05, 0) is 44.4 Å². The Balaban J connectivity index is 1.62. The third kappa shape index (κ3) is 3.81. The van der Waals surface area contributed by atoms with Gasteiger partial charge in [0.05, 0.1) is 24.4 Å². The van der Waals surface area contributed by atoms with Crippen molar-refractivity contribution in [2.45, 2.75) is 38.3 Å². The van der Waals surface area contributed by atoms with Crippen molar-refractivity contribution in [3.8, 4) is 0 Å². The summed E-state index contributed by atoms with van der Waals surface area (Å²) in [7, 11) is 0. The quantitative estimate of drug-likeness (QED) is 0.612. The number of nitrogens with zero attached hydrogens (tertiary/aromatic N) is 4. The molecule has 1 amide bonds. The first-order valence-electron chi connectivity index (χ1n) is 9.73. The fraction of sp³-hybridized carbons (Fsp3) is 0.381. The van der Waals surface area contributed by atoms with E-state index in [9.17, 15) is 15.0 Å². The molecule has 29 heavy (non-hydrogen) atoms. The molecule has 0 aliphatic carbocycles. The van der Waals surface area contributed by atoms with Crippen LogP contribution < -0.4 is 10.2 Å². The highest BCUT2D eigenvalue weighted by Gasteiger charge is 2.27. The Morgan fingerprint density at radius 1 is 1.28 bits per heavy atom. The van der Waals surface area contributed by atoms with Crippen LogP contribution in [0.2, 0.25) is 0 Å². The molecule has 1 saturated heterocycles. The van der Waals surface area contributed by atoms with Gasteiger partial charge in [-0.25, -0.2) is 4.98 Å². The molecule has 1 aliphatic heterocycles. The number of amides is 1. The summed E-state index contributed by atoms with van der Waals surface area (Å²) in [5.74, 6) is 0.937. The average Bonchev–Trinajstić information content (AvgIpc) is 3.35. The molecule has 0 bridgehead atoms. The number of aromatic nitrogens is 3. The standard InChI is InChI=1S/C21H25N5O3/c1-21(2,29)15-7-5-14(6-8-15)20(28)24-17-12-19(25-11-3-4-16(25)13-27)26-18(23-17)9-10-22-26/h5-10,12,16,27,29H,3-4,11,13H2,1-2H3,(H,23,24,28)/t16-/m0/s1. The Hall–Kier alpha value is -2.97. The third-order valence-electron chi connectivity index (χ3n) is 5.32. The largest absolute Gasteiger partial charge is 0.394 e. The SMILES string of the molecule is CC(C)(O)c1ccc(C(=O)Nc2cc(N3CCC[C@H]3CO)n3nccc3n2)cc1. The van der Waals surface area contributed by atoms with Gasteiger partial charge in [-0.1, -0.05) is 12.1 Å². The first kappa shape index (κ1) is 19.4. The fourth-order valence-electron chi connectivity index (χ4n) is 3.71. The summed E-state index contributed by atoms with van der Waals surface area (Å²) in [6.07, 6.45) is 3.57. The van der Waals surface area contributed by atoms with Gasteiger partial charge in [-0.2, -0.15) is 9.61 Å². The van der Waals surface area contributed by atoms with E-state index in [1.54, 1.807) is 61.0 Å². The lowest BCUT2D eigenvalue weighted by Gasteiger charge is -2.25. The molecule has 1 atom stereocenters. The normalized spacial score (nSPS) is 17.1. The van der Waals surface area contributed by atoms with Crippen molar-refractivity contribution in [3.63, 3.8) is 0 Å². The number of hydrogen-bond acceptors (Lipinski definition) is 6. The number of carbonyl (C=O) groups excluding carboxylic acids is 1. The van der Waals surface area contributed by atoms with Crippen LogP contribution in [0.15, 0.2) is 42.6 Å². The maximum Gasteiger partial charge on any atom is 0.256 e. The van der Waals surface area contributed by atoms with Crippen LogP contribution in [0.1, 0.15) is 42.6 Å². The second-order valence-corrected chi connectivity index (χ2v) is 7.86. The summed E-state index contributed by atoms with van der Waals surface area (Å²) in [5.41, 5.74) is 0.874. The maximum atomic E-state index is 12.7. The number of hydrogen-bond donors (Lipinski definition) is 3. The summed E-state index contributed by atoms with van der Waals surface area (Å²) in [4.78, 5) is 19.3. The van der Waals surface area contributed by atoms with Crippen LogP contribution >= 0.6 is 0 Å². The first-order chi connectivity index (χ1) is 13.9. The monoisotopic (exact) mass is 395 g/mol. The molecule has 152 valence electrons. The molecule has 3 N–H and O–H groups in total. The molecular weight excluding hydrogens is 370 g/mol. The van der Waals surface area contributed by atoms with Crippen LogP contribution in [-0.2, 0) is 5.60 Å². The van der Waals surface area contributed by atoms with Crippen molar-refractivity contribution in [3.05, 3.63) is 53.7 Å². The number of rotatable bonds is 5. The van der Waals surface area contributed by atoms with E-state index in [-0.39, 0.29) is 18.6 Å². The zero-order valence-electron chi connectivity index (χ0n) is 16.5. The van der Waals surface area contributed by atoms with Gasteiger partial charge in [-0.3, -0.25) is 4.79 Å². The van der Waals surface area contributed by atoms with Crippen molar-refractivity contribution < 1.29 is 15.0 Å². The Bertz CT molecular complexity index is 1020. The van der Waals surface area contributed by atoms with Crippen LogP contribution in [0.4, 0.5) is 11.6 Å². The minimum absolute atomic E-state index is 0.0303. The number of aliphatic hydroxyl groups is 2. The molecule has 3 aromatic rings. The number of anilines is 2. The molecule has 0 unspecified atom stereocenters. The van der Waals surface area contributed by atoms with E-state index in [2.05, 4.69) is 20.3 Å². The lowest BCUT2D eigenvalue weighted by atomic mass is 9.97. The van der Waals surface area contributed by atoms with E-state index in [0.717, 1.165) is 30.8 Å². The predicted octanol–water partition coefficient (Wildman–Crippen LogP) is 2.17. The van der Waals surface area contributed by atoms with Gasteiger partial charge in [0.1, 0.15) is 11.6 Å². The van der Waals surface area contributed by atoms with Gasteiger partial charge in [0.25, 0.3) is 5.91 Å². The van der Waals surface area contributed by atoms with E-state index in [0.29, 0.717) is 17.0 Å². The molecular formula is C21H25N5O3. The lowest BCUT2D eigenvalue weighted by molar-refractivity contribution is 0.0785. The van der Waals surface area contributed by atoms with Crippen molar-refractivity contribution in [2.75, 3.05) is 23.4 Å². The van der Waals surface area contributed by atoms with Crippen LogP contribution in [0.3, 0.4) is 0 Å². The van der Waals surface area contributed by atoms with E-state index in [1.807, 2.05) is 0 Å². The highest BCUT2D eigenvalue weighted by molar-refractivity contribution is 6.04. The van der Waals surface area contributed by atoms with E-state index < -0.39 is 5.60 Å². The molecule has 2 aromatic heterocycles.